The van der Waals surface area contributed by atoms with Gasteiger partial charge in [0.25, 0.3) is 0 Å². The maximum atomic E-state index is 12.0. The van der Waals surface area contributed by atoms with Gasteiger partial charge >= 0.3 is 0 Å². The van der Waals surface area contributed by atoms with Gasteiger partial charge in [-0.05, 0) is 41.7 Å². The molecular weight excluding hydrogens is 220 g/mol. The van der Waals surface area contributed by atoms with Crippen LogP contribution in [-0.2, 0) is 11.2 Å². The number of rotatable bonds is 2. The number of thiophene rings is 1. The van der Waals surface area contributed by atoms with E-state index in [1.54, 1.807) is 16.2 Å². The molecule has 1 unspecified atom stereocenters. The van der Waals surface area contributed by atoms with Crippen molar-refractivity contribution in [2.24, 2.45) is 0 Å². The molecule has 1 fully saturated rings. The Bertz CT molecular complexity index is 394. The van der Waals surface area contributed by atoms with E-state index in [1.165, 1.54) is 0 Å². The summed E-state index contributed by atoms with van der Waals surface area (Å²) in [6, 6.07) is 3.98. The van der Waals surface area contributed by atoms with E-state index in [-0.39, 0.29) is 11.9 Å². The first-order valence-corrected chi connectivity index (χ1v) is 6.45. The zero-order valence-corrected chi connectivity index (χ0v) is 9.87. The quantitative estimate of drug-likeness (QED) is 0.787. The average molecular weight is 234 g/mol. The largest absolute Gasteiger partial charge is 0.326 e. The Morgan fingerprint density at radius 2 is 2.50 bits per heavy atom. The van der Waals surface area contributed by atoms with E-state index in [1.807, 2.05) is 16.8 Å². The van der Waals surface area contributed by atoms with Crippen molar-refractivity contribution in [2.75, 3.05) is 6.54 Å². The van der Waals surface area contributed by atoms with Crippen molar-refractivity contribution in [3.8, 4) is 6.07 Å². The van der Waals surface area contributed by atoms with Crippen LogP contribution in [0.5, 0.6) is 0 Å². The number of carbonyl (C=O) groups is 1. The Labute approximate surface area is 99.3 Å². The molecule has 1 amide bonds. The van der Waals surface area contributed by atoms with Crippen molar-refractivity contribution in [1.29, 1.82) is 5.26 Å². The Kier molecular flexibility index (Phi) is 3.58. The molecule has 16 heavy (non-hydrogen) atoms. The third kappa shape index (κ3) is 2.42. The lowest BCUT2D eigenvalue weighted by Gasteiger charge is -2.31. The molecule has 0 N–H and O–H groups in total. The number of nitriles is 1. The standard InChI is InChI=1S/C12H14N2OS/c13-8-11-3-1-2-5-14(11)12(15)7-10-4-6-16-9-10/h4,6,9,11H,1-3,5,7H2. The van der Waals surface area contributed by atoms with Gasteiger partial charge in [0, 0.05) is 6.54 Å². The van der Waals surface area contributed by atoms with Crippen LogP contribution in [0.4, 0.5) is 0 Å². The normalized spacial score (nSPS) is 20.4. The Balaban J connectivity index is 2.00. The van der Waals surface area contributed by atoms with Gasteiger partial charge in [0.15, 0.2) is 0 Å². The number of carbonyl (C=O) groups excluding carboxylic acids is 1. The first kappa shape index (κ1) is 11.2. The van der Waals surface area contributed by atoms with E-state index in [4.69, 9.17) is 5.26 Å². The van der Waals surface area contributed by atoms with Gasteiger partial charge < -0.3 is 4.90 Å². The molecule has 2 rings (SSSR count). The van der Waals surface area contributed by atoms with Crippen molar-refractivity contribution in [3.63, 3.8) is 0 Å². The fourth-order valence-electron chi connectivity index (χ4n) is 2.03. The van der Waals surface area contributed by atoms with Crippen LogP contribution in [0.25, 0.3) is 0 Å². The van der Waals surface area contributed by atoms with Crippen LogP contribution in [0.2, 0.25) is 0 Å². The molecule has 1 aliphatic heterocycles. The van der Waals surface area contributed by atoms with Gasteiger partial charge in [0.2, 0.25) is 5.91 Å². The van der Waals surface area contributed by atoms with Gasteiger partial charge in [0.05, 0.1) is 12.5 Å². The summed E-state index contributed by atoms with van der Waals surface area (Å²) >= 11 is 1.60. The van der Waals surface area contributed by atoms with E-state index in [9.17, 15) is 4.79 Å². The highest BCUT2D eigenvalue weighted by molar-refractivity contribution is 7.07. The van der Waals surface area contributed by atoms with Gasteiger partial charge in [0.1, 0.15) is 6.04 Å². The number of hydrogen-bond acceptors (Lipinski definition) is 3. The zero-order valence-electron chi connectivity index (χ0n) is 9.06. The van der Waals surface area contributed by atoms with Gasteiger partial charge in [-0.25, -0.2) is 0 Å². The monoisotopic (exact) mass is 234 g/mol. The number of piperidine rings is 1. The molecule has 0 spiro atoms. The van der Waals surface area contributed by atoms with E-state index >= 15 is 0 Å². The van der Waals surface area contributed by atoms with E-state index in [2.05, 4.69) is 6.07 Å². The Morgan fingerprint density at radius 3 is 3.19 bits per heavy atom. The van der Waals surface area contributed by atoms with Crippen molar-refractivity contribution in [1.82, 2.24) is 4.90 Å². The van der Waals surface area contributed by atoms with Gasteiger partial charge in [-0.3, -0.25) is 4.79 Å². The topological polar surface area (TPSA) is 44.1 Å². The minimum atomic E-state index is -0.208. The highest BCUT2D eigenvalue weighted by Crippen LogP contribution is 2.18. The van der Waals surface area contributed by atoms with Crippen LogP contribution >= 0.6 is 11.3 Å². The summed E-state index contributed by atoms with van der Waals surface area (Å²) in [5, 5.41) is 13.0. The molecule has 1 aromatic heterocycles. The van der Waals surface area contributed by atoms with Crippen molar-refractivity contribution in [3.05, 3.63) is 22.4 Å². The predicted octanol–water partition coefficient (Wildman–Crippen LogP) is 2.20. The molecule has 0 aromatic carbocycles. The van der Waals surface area contributed by atoms with Gasteiger partial charge in [-0.15, -0.1) is 0 Å². The van der Waals surface area contributed by atoms with E-state index in [0.29, 0.717) is 6.42 Å². The average Bonchev–Trinajstić information content (AvgIpc) is 2.81. The van der Waals surface area contributed by atoms with Gasteiger partial charge in [-0.2, -0.15) is 16.6 Å². The summed E-state index contributed by atoms with van der Waals surface area (Å²) in [5.74, 6) is 0.0876. The maximum Gasteiger partial charge on any atom is 0.228 e. The summed E-state index contributed by atoms with van der Waals surface area (Å²) < 4.78 is 0. The van der Waals surface area contributed by atoms with Crippen LogP contribution in [0, 0.1) is 11.3 Å². The Morgan fingerprint density at radius 1 is 1.62 bits per heavy atom. The molecular formula is C12H14N2OS. The summed E-state index contributed by atoms with van der Waals surface area (Å²) in [5.41, 5.74) is 1.05. The molecule has 84 valence electrons. The fourth-order valence-corrected chi connectivity index (χ4v) is 2.70. The summed E-state index contributed by atoms with van der Waals surface area (Å²) in [6.45, 7) is 0.737. The van der Waals surface area contributed by atoms with Crippen molar-refractivity contribution in [2.45, 2.75) is 31.7 Å². The maximum absolute atomic E-state index is 12.0. The van der Waals surface area contributed by atoms with Crippen LogP contribution in [0.3, 0.4) is 0 Å². The number of likely N-dealkylation sites (tertiary alicyclic amines) is 1. The summed E-state index contributed by atoms with van der Waals surface area (Å²) in [6.07, 6.45) is 3.33. The summed E-state index contributed by atoms with van der Waals surface area (Å²) in [4.78, 5) is 13.8. The van der Waals surface area contributed by atoms with E-state index < -0.39 is 0 Å². The van der Waals surface area contributed by atoms with Crippen LogP contribution in [0.15, 0.2) is 16.8 Å². The number of amides is 1. The predicted molar refractivity (Wildman–Crippen MR) is 63.0 cm³/mol. The minimum absolute atomic E-state index is 0.0876. The highest BCUT2D eigenvalue weighted by Gasteiger charge is 2.26. The molecule has 1 atom stereocenters. The molecule has 1 aliphatic rings. The fraction of sp³-hybridized carbons (Fsp3) is 0.500. The lowest BCUT2D eigenvalue weighted by molar-refractivity contribution is -0.132. The highest BCUT2D eigenvalue weighted by atomic mass is 32.1. The first-order valence-electron chi connectivity index (χ1n) is 5.51. The smallest absolute Gasteiger partial charge is 0.228 e. The molecule has 1 aromatic rings. The lowest BCUT2D eigenvalue weighted by Crippen LogP contribution is -2.43. The number of hydrogen-bond donors (Lipinski definition) is 0. The third-order valence-corrected chi connectivity index (χ3v) is 3.64. The summed E-state index contributed by atoms with van der Waals surface area (Å²) in [7, 11) is 0. The molecule has 1 saturated heterocycles. The zero-order chi connectivity index (χ0) is 11.4. The second kappa shape index (κ2) is 5.13. The third-order valence-electron chi connectivity index (χ3n) is 2.91. The molecule has 2 heterocycles. The van der Waals surface area contributed by atoms with Gasteiger partial charge in [-0.1, -0.05) is 0 Å². The first-order chi connectivity index (χ1) is 7.81. The lowest BCUT2D eigenvalue weighted by atomic mass is 10.0. The molecule has 0 saturated carbocycles. The number of nitrogens with zero attached hydrogens (tertiary/aromatic N) is 2. The molecule has 0 radical (unpaired) electrons. The van der Waals surface area contributed by atoms with E-state index in [0.717, 1.165) is 31.4 Å². The second-order valence-corrected chi connectivity index (χ2v) is 4.82. The molecule has 4 heteroatoms. The molecule has 3 nitrogen and oxygen atoms in total. The van der Waals surface area contributed by atoms with Crippen LogP contribution < -0.4 is 0 Å². The van der Waals surface area contributed by atoms with Crippen LogP contribution in [0.1, 0.15) is 24.8 Å². The second-order valence-electron chi connectivity index (χ2n) is 4.04. The Hall–Kier alpha value is -1.34. The minimum Gasteiger partial charge on any atom is -0.326 e. The van der Waals surface area contributed by atoms with Crippen molar-refractivity contribution >= 4 is 17.2 Å². The van der Waals surface area contributed by atoms with Crippen molar-refractivity contribution < 1.29 is 4.79 Å². The molecule has 0 bridgehead atoms. The van der Waals surface area contributed by atoms with Crippen LogP contribution in [-0.4, -0.2) is 23.4 Å². The molecule has 0 aliphatic carbocycles. The SMILES string of the molecule is N#CC1CCCCN1C(=O)Cc1ccsc1.